The second kappa shape index (κ2) is 1.29. The summed E-state index contributed by atoms with van der Waals surface area (Å²) >= 11 is 0. The van der Waals surface area contributed by atoms with Crippen molar-refractivity contribution >= 4 is 0 Å². The first-order chi connectivity index (χ1) is 3.87. The summed E-state index contributed by atoms with van der Waals surface area (Å²) in [5, 5.41) is 0. The third-order valence-electron chi connectivity index (χ3n) is 2.78. The summed E-state index contributed by atoms with van der Waals surface area (Å²) < 4.78 is 0. The molecular formula is C8H13. The molecule has 0 spiro atoms. The Hall–Kier alpha value is 0. The molecule has 0 nitrogen and oxygen atoms in total. The van der Waals surface area contributed by atoms with Crippen LogP contribution in [0.1, 0.15) is 39.0 Å². The van der Waals surface area contributed by atoms with E-state index in [2.05, 4.69) is 6.92 Å². The zero-order chi connectivity index (χ0) is 5.61. The highest BCUT2D eigenvalue weighted by Crippen LogP contribution is 2.64. The van der Waals surface area contributed by atoms with Gasteiger partial charge in [0.05, 0.1) is 0 Å². The smallest absolute Gasteiger partial charge is 0.0179 e. The summed E-state index contributed by atoms with van der Waals surface area (Å²) in [6.07, 6.45) is 7.38. The predicted octanol–water partition coefficient (Wildman–Crippen LogP) is 2.54. The summed E-state index contributed by atoms with van der Waals surface area (Å²) in [6, 6.07) is 0. The van der Waals surface area contributed by atoms with E-state index in [1.54, 1.807) is 0 Å². The normalized spacial score (nSPS) is 32.6. The summed E-state index contributed by atoms with van der Waals surface area (Å²) in [4.78, 5) is 0. The Balaban J connectivity index is 1.99. The minimum atomic E-state index is 0.819. The van der Waals surface area contributed by atoms with Gasteiger partial charge in [0.15, 0.2) is 0 Å². The number of rotatable bonds is 2. The Labute approximate surface area is 51.3 Å². The van der Waals surface area contributed by atoms with Crippen LogP contribution in [0.3, 0.4) is 0 Å². The first kappa shape index (κ1) is 4.84. The van der Waals surface area contributed by atoms with Crippen LogP contribution < -0.4 is 0 Å². The van der Waals surface area contributed by atoms with Gasteiger partial charge in [-0.1, -0.05) is 6.92 Å². The molecule has 2 saturated carbocycles. The van der Waals surface area contributed by atoms with Crippen molar-refractivity contribution in [2.24, 2.45) is 5.41 Å². The van der Waals surface area contributed by atoms with Gasteiger partial charge in [0.2, 0.25) is 0 Å². The summed E-state index contributed by atoms with van der Waals surface area (Å²) in [6.45, 7) is 2.33. The van der Waals surface area contributed by atoms with Crippen molar-refractivity contribution in [2.45, 2.75) is 39.0 Å². The Kier molecular flexibility index (Phi) is 0.778. The van der Waals surface area contributed by atoms with Crippen molar-refractivity contribution in [3.8, 4) is 0 Å². The van der Waals surface area contributed by atoms with E-state index in [0.29, 0.717) is 0 Å². The molecule has 2 fully saturated rings. The van der Waals surface area contributed by atoms with Gasteiger partial charge in [-0.25, -0.2) is 0 Å². The molecule has 0 aromatic carbocycles. The molecule has 2 rings (SSSR count). The van der Waals surface area contributed by atoms with Gasteiger partial charge < -0.3 is 0 Å². The van der Waals surface area contributed by atoms with E-state index in [9.17, 15) is 0 Å². The van der Waals surface area contributed by atoms with Gasteiger partial charge in [-0.3, -0.25) is 0 Å². The zero-order valence-corrected chi connectivity index (χ0v) is 5.54. The molecule has 8 heavy (non-hydrogen) atoms. The highest BCUT2D eigenvalue weighted by Gasteiger charge is 2.52. The van der Waals surface area contributed by atoms with E-state index < -0.39 is 0 Å². The van der Waals surface area contributed by atoms with E-state index in [4.69, 9.17) is 0 Å². The van der Waals surface area contributed by atoms with Crippen LogP contribution in [-0.2, 0) is 0 Å². The lowest BCUT2D eigenvalue weighted by Gasteiger charge is -2.07. The molecule has 45 valence electrons. The van der Waals surface area contributed by atoms with Crippen molar-refractivity contribution in [1.82, 2.24) is 0 Å². The highest BCUT2D eigenvalue weighted by molar-refractivity contribution is 5.23. The molecule has 0 atom stereocenters. The van der Waals surface area contributed by atoms with Gasteiger partial charge in [-0.15, -0.1) is 0 Å². The van der Waals surface area contributed by atoms with Gasteiger partial charge >= 0.3 is 0 Å². The fourth-order valence-corrected chi connectivity index (χ4v) is 1.70. The third kappa shape index (κ3) is 0.519. The predicted molar refractivity (Wildman–Crippen MR) is 34.4 cm³/mol. The summed E-state index contributed by atoms with van der Waals surface area (Å²) in [7, 11) is 0. The number of hydrogen-bond acceptors (Lipinski definition) is 0. The Morgan fingerprint density at radius 3 is 2.12 bits per heavy atom. The van der Waals surface area contributed by atoms with Crippen LogP contribution in [0, 0.1) is 11.3 Å². The molecule has 2 aliphatic carbocycles. The van der Waals surface area contributed by atoms with Crippen molar-refractivity contribution in [3.05, 3.63) is 5.92 Å². The monoisotopic (exact) mass is 109 g/mol. The zero-order valence-electron chi connectivity index (χ0n) is 5.54. The van der Waals surface area contributed by atoms with E-state index >= 15 is 0 Å². The van der Waals surface area contributed by atoms with Gasteiger partial charge in [0.25, 0.3) is 0 Å². The van der Waals surface area contributed by atoms with E-state index in [1.807, 2.05) is 5.92 Å². The molecule has 0 unspecified atom stereocenters. The Bertz CT molecular complexity index is 96.6. The Morgan fingerprint density at radius 1 is 1.38 bits per heavy atom. The molecule has 0 bridgehead atoms. The SMILES string of the molecule is CCC1([C]2CC2)CC1. The van der Waals surface area contributed by atoms with Crippen LogP contribution in [-0.4, -0.2) is 0 Å². The molecule has 0 aromatic rings. The molecule has 1 radical (unpaired) electrons. The lowest BCUT2D eigenvalue weighted by atomic mass is 9.98. The minimum Gasteiger partial charge on any atom is -0.0648 e. The largest absolute Gasteiger partial charge is 0.0648 e. The topological polar surface area (TPSA) is 0 Å². The fraction of sp³-hybridized carbons (Fsp3) is 0.875. The average molecular weight is 109 g/mol. The lowest BCUT2D eigenvalue weighted by Crippen LogP contribution is -1.97. The van der Waals surface area contributed by atoms with Gasteiger partial charge in [-0.05, 0) is 43.4 Å². The molecule has 0 heterocycles. The summed E-state index contributed by atoms with van der Waals surface area (Å²) in [5.74, 6) is 1.89. The van der Waals surface area contributed by atoms with Gasteiger partial charge in [0.1, 0.15) is 0 Å². The van der Waals surface area contributed by atoms with Crippen LogP contribution in [0.5, 0.6) is 0 Å². The molecule has 0 saturated heterocycles. The van der Waals surface area contributed by atoms with Crippen molar-refractivity contribution in [1.29, 1.82) is 0 Å². The maximum atomic E-state index is 2.33. The second-order valence-corrected chi connectivity index (χ2v) is 3.24. The van der Waals surface area contributed by atoms with E-state index in [-0.39, 0.29) is 0 Å². The molecule has 0 N–H and O–H groups in total. The number of hydrogen-bond donors (Lipinski definition) is 0. The van der Waals surface area contributed by atoms with Crippen LogP contribution in [0.4, 0.5) is 0 Å². The summed E-state index contributed by atoms with van der Waals surface area (Å²) in [5.41, 5.74) is 0.819. The van der Waals surface area contributed by atoms with Crippen molar-refractivity contribution < 1.29 is 0 Å². The molecule has 0 aliphatic heterocycles. The van der Waals surface area contributed by atoms with Crippen LogP contribution in [0.2, 0.25) is 0 Å². The lowest BCUT2D eigenvalue weighted by molar-refractivity contribution is 0.558. The molecular weight excluding hydrogens is 96.1 g/mol. The Morgan fingerprint density at radius 2 is 2.00 bits per heavy atom. The van der Waals surface area contributed by atoms with Crippen molar-refractivity contribution in [3.63, 3.8) is 0 Å². The second-order valence-electron chi connectivity index (χ2n) is 3.24. The van der Waals surface area contributed by atoms with E-state index in [1.165, 1.54) is 32.1 Å². The van der Waals surface area contributed by atoms with Crippen molar-refractivity contribution in [2.75, 3.05) is 0 Å². The molecule has 0 aromatic heterocycles. The average Bonchev–Trinajstić information content (AvgIpc) is 2.63. The van der Waals surface area contributed by atoms with Gasteiger partial charge in [-0.2, -0.15) is 0 Å². The molecule has 2 aliphatic rings. The maximum Gasteiger partial charge on any atom is -0.0179 e. The first-order valence-corrected chi connectivity index (χ1v) is 3.72. The van der Waals surface area contributed by atoms with Crippen LogP contribution in [0.15, 0.2) is 0 Å². The standard InChI is InChI=1S/C8H13/c1-2-8(5-6-8)7-3-4-7/h2-6H2,1H3. The minimum absolute atomic E-state index is 0.819. The third-order valence-corrected chi connectivity index (χ3v) is 2.78. The van der Waals surface area contributed by atoms with Crippen LogP contribution >= 0.6 is 0 Å². The fourth-order valence-electron chi connectivity index (χ4n) is 1.70. The quantitative estimate of drug-likeness (QED) is 0.511. The molecule has 0 amide bonds. The van der Waals surface area contributed by atoms with Crippen LogP contribution in [0.25, 0.3) is 0 Å². The maximum absolute atomic E-state index is 2.33. The first-order valence-electron chi connectivity index (χ1n) is 3.72. The molecule has 0 heteroatoms. The van der Waals surface area contributed by atoms with E-state index in [0.717, 1.165) is 5.41 Å². The highest BCUT2D eigenvalue weighted by atomic mass is 14.6. The van der Waals surface area contributed by atoms with Gasteiger partial charge in [0, 0.05) is 0 Å².